The average Bonchev–Trinajstić information content (AvgIpc) is 2.11. The summed E-state index contributed by atoms with van der Waals surface area (Å²) in [4.78, 5) is 11.3. The third-order valence-electron chi connectivity index (χ3n) is 2.03. The highest BCUT2D eigenvalue weighted by Gasteiger charge is 2.27. The molecule has 5 heteroatoms. The van der Waals surface area contributed by atoms with Gasteiger partial charge in [0.1, 0.15) is 12.4 Å². The Morgan fingerprint density at radius 2 is 2.00 bits per heavy atom. The van der Waals surface area contributed by atoms with Crippen LogP contribution in [0.1, 0.15) is 33.1 Å². The van der Waals surface area contributed by atoms with E-state index in [-0.39, 0.29) is 24.7 Å². The van der Waals surface area contributed by atoms with Gasteiger partial charge in [0, 0.05) is 12.3 Å². The van der Waals surface area contributed by atoms with Crippen molar-refractivity contribution in [1.29, 1.82) is 0 Å². The second kappa shape index (κ2) is 6.82. The molecule has 0 spiro atoms. The lowest BCUT2D eigenvalue weighted by atomic mass is 9.99. The lowest BCUT2D eigenvalue weighted by molar-refractivity contribution is -0.174. The lowest BCUT2D eigenvalue weighted by Crippen LogP contribution is -2.19. The summed E-state index contributed by atoms with van der Waals surface area (Å²) < 4.78 is 39.3. The molecule has 0 bridgehead atoms. The largest absolute Gasteiger partial charge is 0.411 e. The van der Waals surface area contributed by atoms with Crippen molar-refractivity contribution in [1.82, 2.24) is 0 Å². The second-order valence-electron chi connectivity index (χ2n) is 3.57. The Kier molecular flexibility index (Phi) is 6.56. The van der Waals surface area contributed by atoms with Gasteiger partial charge in [0.15, 0.2) is 0 Å². The molecule has 1 unspecified atom stereocenters. The number of rotatable bonds is 7. The number of carbonyl (C=O) groups excluding carboxylic acids is 1. The van der Waals surface area contributed by atoms with Crippen molar-refractivity contribution >= 4 is 5.78 Å². The predicted octanol–water partition coefficient (Wildman–Crippen LogP) is 2.96. The van der Waals surface area contributed by atoms with Crippen LogP contribution in [-0.4, -0.2) is 25.2 Å². The maximum atomic E-state index is 11.6. The van der Waals surface area contributed by atoms with Crippen molar-refractivity contribution < 1.29 is 22.7 Å². The SMILES string of the molecule is CCCC(C)C(=O)CCOCC(F)(F)F. The Balaban J connectivity index is 3.55. The van der Waals surface area contributed by atoms with Crippen molar-refractivity contribution in [3.05, 3.63) is 0 Å². The first kappa shape index (κ1) is 14.4. The quantitative estimate of drug-likeness (QED) is 0.624. The summed E-state index contributed by atoms with van der Waals surface area (Å²) in [6.07, 6.45) is -2.57. The van der Waals surface area contributed by atoms with E-state index in [0.717, 1.165) is 12.8 Å². The lowest BCUT2D eigenvalue weighted by Gasteiger charge is -2.10. The molecule has 1 atom stereocenters. The molecule has 0 heterocycles. The molecule has 0 fully saturated rings. The Bertz CT molecular complexity index is 190. The minimum Gasteiger partial charge on any atom is -0.372 e. The number of carbonyl (C=O) groups is 1. The van der Waals surface area contributed by atoms with Gasteiger partial charge in [0.05, 0.1) is 6.61 Å². The molecule has 0 aliphatic heterocycles. The Morgan fingerprint density at radius 1 is 1.40 bits per heavy atom. The highest BCUT2D eigenvalue weighted by molar-refractivity contribution is 5.80. The highest BCUT2D eigenvalue weighted by Crippen LogP contribution is 2.15. The molecule has 0 saturated heterocycles. The third-order valence-corrected chi connectivity index (χ3v) is 2.03. The van der Waals surface area contributed by atoms with Crippen LogP contribution in [0.2, 0.25) is 0 Å². The fourth-order valence-corrected chi connectivity index (χ4v) is 1.20. The summed E-state index contributed by atoms with van der Waals surface area (Å²) in [5.41, 5.74) is 0. The molecule has 0 N–H and O–H groups in total. The van der Waals surface area contributed by atoms with E-state index >= 15 is 0 Å². The van der Waals surface area contributed by atoms with Gasteiger partial charge in [-0.25, -0.2) is 0 Å². The molecular formula is C10H17F3O2. The van der Waals surface area contributed by atoms with Gasteiger partial charge in [-0.05, 0) is 6.42 Å². The standard InChI is InChI=1S/C10H17F3O2/c1-3-4-8(2)9(14)5-6-15-7-10(11,12)13/h8H,3-7H2,1-2H3. The zero-order chi connectivity index (χ0) is 11.9. The molecule has 15 heavy (non-hydrogen) atoms. The normalized spacial score (nSPS) is 13.9. The van der Waals surface area contributed by atoms with E-state index in [0.29, 0.717) is 0 Å². The van der Waals surface area contributed by atoms with Gasteiger partial charge in [0.25, 0.3) is 0 Å². The molecule has 0 aromatic rings. The van der Waals surface area contributed by atoms with E-state index in [4.69, 9.17) is 0 Å². The van der Waals surface area contributed by atoms with Crippen LogP contribution >= 0.6 is 0 Å². The average molecular weight is 226 g/mol. The Morgan fingerprint density at radius 3 is 2.47 bits per heavy atom. The van der Waals surface area contributed by atoms with E-state index in [9.17, 15) is 18.0 Å². The van der Waals surface area contributed by atoms with Gasteiger partial charge in [-0.3, -0.25) is 4.79 Å². The third kappa shape index (κ3) is 8.42. The van der Waals surface area contributed by atoms with E-state index in [2.05, 4.69) is 4.74 Å². The summed E-state index contributed by atoms with van der Waals surface area (Å²) in [6, 6.07) is 0. The fraction of sp³-hybridized carbons (Fsp3) is 0.900. The molecule has 0 aromatic heterocycles. The number of halogens is 3. The van der Waals surface area contributed by atoms with E-state index in [1.54, 1.807) is 6.92 Å². The highest BCUT2D eigenvalue weighted by atomic mass is 19.4. The van der Waals surface area contributed by atoms with Crippen molar-refractivity contribution in [2.24, 2.45) is 5.92 Å². The molecule has 90 valence electrons. The Labute approximate surface area is 87.8 Å². The number of hydrogen-bond donors (Lipinski definition) is 0. The number of hydrogen-bond acceptors (Lipinski definition) is 2. The minimum atomic E-state index is -4.31. The van der Waals surface area contributed by atoms with Gasteiger partial charge in [0.2, 0.25) is 0 Å². The summed E-state index contributed by atoms with van der Waals surface area (Å²) in [5.74, 6) is -0.108. The van der Waals surface area contributed by atoms with Crippen molar-refractivity contribution in [2.75, 3.05) is 13.2 Å². The zero-order valence-electron chi connectivity index (χ0n) is 9.06. The molecular weight excluding hydrogens is 209 g/mol. The van der Waals surface area contributed by atoms with Gasteiger partial charge < -0.3 is 4.74 Å². The van der Waals surface area contributed by atoms with E-state index in [1.165, 1.54) is 0 Å². The predicted molar refractivity (Wildman–Crippen MR) is 50.6 cm³/mol. The number of ether oxygens (including phenoxy) is 1. The Hall–Kier alpha value is -0.580. The summed E-state index contributed by atoms with van der Waals surface area (Å²) in [5, 5.41) is 0. The molecule has 0 saturated carbocycles. The van der Waals surface area contributed by atoms with Crippen molar-refractivity contribution in [2.45, 2.75) is 39.3 Å². The molecule has 0 aliphatic rings. The van der Waals surface area contributed by atoms with Crippen LogP contribution in [-0.2, 0) is 9.53 Å². The first-order chi connectivity index (χ1) is 6.87. The first-order valence-corrected chi connectivity index (χ1v) is 5.04. The van der Waals surface area contributed by atoms with Crippen LogP contribution in [0, 0.1) is 5.92 Å². The van der Waals surface area contributed by atoms with Crippen LogP contribution in [0.25, 0.3) is 0 Å². The summed E-state index contributed by atoms with van der Waals surface area (Å²) in [7, 11) is 0. The van der Waals surface area contributed by atoms with Gasteiger partial charge in [-0.2, -0.15) is 13.2 Å². The number of ketones is 1. The van der Waals surface area contributed by atoms with Gasteiger partial charge in [-0.1, -0.05) is 20.3 Å². The van der Waals surface area contributed by atoms with Gasteiger partial charge in [-0.15, -0.1) is 0 Å². The van der Waals surface area contributed by atoms with Crippen LogP contribution in [0.4, 0.5) is 13.2 Å². The molecule has 0 rings (SSSR count). The molecule has 0 aliphatic carbocycles. The number of alkyl halides is 3. The van der Waals surface area contributed by atoms with Crippen LogP contribution in [0.15, 0.2) is 0 Å². The van der Waals surface area contributed by atoms with Crippen molar-refractivity contribution in [3.8, 4) is 0 Å². The van der Waals surface area contributed by atoms with E-state index in [1.807, 2.05) is 6.92 Å². The summed E-state index contributed by atoms with van der Waals surface area (Å²) >= 11 is 0. The molecule has 2 nitrogen and oxygen atoms in total. The smallest absolute Gasteiger partial charge is 0.372 e. The topological polar surface area (TPSA) is 26.3 Å². The second-order valence-corrected chi connectivity index (χ2v) is 3.57. The fourth-order valence-electron chi connectivity index (χ4n) is 1.20. The number of Topliss-reactive ketones (excluding diaryl/α,β-unsaturated/α-hetero) is 1. The van der Waals surface area contributed by atoms with Crippen molar-refractivity contribution in [3.63, 3.8) is 0 Å². The van der Waals surface area contributed by atoms with Crippen LogP contribution in [0.3, 0.4) is 0 Å². The molecule has 0 aromatic carbocycles. The minimum absolute atomic E-state index is 0.0287. The monoisotopic (exact) mass is 226 g/mol. The first-order valence-electron chi connectivity index (χ1n) is 5.04. The van der Waals surface area contributed by atoms with Crippen LogP contribution in [0.5, 0.6) is 0 Å². The maximum Gasteiger partial charge on any atom is 0.411 e. The molecule has 0 radical (unpaired) electrons. The van der Waals surface area contributed by atoms with E-state index < -0.39 is 12.8 Å². The molecule has 0 amide bonds. The van der Waals surface area contributed by atoms with Gasteiger partial charge >= 0.3 is 6.18 Å². The van der Waals surface area contributed by atoms with Crippen LogP contribution < -0.4 is 0 Å². The summed E-state index contributed by atoms with van der Waals surface area (Å²) in [6.45, 7) is 2.33. The maximum absolute atomic E-state index is 11.6. The zero-order valence-corrected chi connectivity index (χ0v) is 9.06.